The van der Waals surface area contributed by atoms with E-state index in [4.69, 9.17) is 0 Å². The topological polar surface area (TPSA) is 15.3 Å². The molecule has 0 radical (unpaired) electrons. The molecule has 1 aromatic carbocycles. The summed E-state index contributed by atoms with van der Waals surface area (Å²) in [5, 5.41) is 1.93. The minimum atomic E-state index is -0.673. The van der Waals surface area contributed by atoms with Gasteiger partial charge >= 0.3 is 0 Å². The number of nitrogens with one attached hydrogen (secondary N) is 1. The maximum Gasteiger partial charge on any atom is 0.116 e. The van der Waals surface area contributed by atoms with Crippen molar-refractivity contribution in [2.75, 3.05) is 18.5 Å². The van der Waals surface area contributed by atoms with E-state index >= 15 is 0 Å². The lowest BCUT2D eigenvalue weighted by Gasteiger charge is -2.17. The van der Waals surface area contributed by atoms with Crippen LogP contribution in [0.4, 0.5) is 10.1 Å². The third-order valence-corrected chi connectivity index (χ3v) is 2.47. The molecule has 0 aliphatic carbocycles. The SMILES string of the molecule is Cc1ccc(NN2CCC(F)C2)cc1. The summed E-state index contributed by atoms with van der Waals surface area (Å²) in [6.07, 6.45) is -0.0354. The Morgan fingerprint density at radius 1 is 1.36 bits per heavy atom. The molecule has 1 unspecified atom stereocenters. The Labute approximate surface area is 83.7 Å². The van der Waals surface area contributed by atoms with Gasteiger partial charge in [0, 0.05) is 18.8 Å². The Morgan fingerprint density at radius 3 is 2.64 bits per heavy atom. The highest BCUT2D eigenvalue weighted by Gasteiger charge is 2.21. The maximum atomic E-state index is 12.9. The van der Waals surface area contributed by atoms with Crippen molar-refractivity contribution in [3.8, 4) is 0 Å². The van der Waals surface area contributed by atoms with Gasteiger partial charge in [0.15, 0.2) is 0 Å². The van der Waals surface area contributed by atoms with E-state index in [2.05, 4.69) is 12.3 Å². The van der Waals surface area contributed by atoms with Gasteiger partial charge < -0.3 is 5.43 Å². The number of hydrogen-bond acceptors (Lipinski definition) is 2. The van der Waals surface area contributed by atoms with E-state index in [0.29, 0.717) is 13.0 Å². The Bertz CT molecular complexity index is 297. The van der Waals surface area contributed by atoms with Crippen LogP contribution in [0.5, 0.6) is 0 Å². The smallest absolute Gasteiger partial charge is 0.116 e. The molecular weight excluding hydrogens is 179 g/mol. The van der Waals surface area contributed by atoms with Gasteiger partial charge in [-0.15, -0.1) is 0 Å². The van der Waals surface area contributed by atoms with Crippen LogP contribution in [0, 0.1) is 6.92 Å². The first kappa shape index (κ1) is 9.46. The predicted molar refractivity (Wildman–Crippen MR) is 55.9 cm³/mol. The molecule has 1 saturated heterocycles. The largest absolute Gasteiger partial charge is 0.319 e. The van der Waals surface area contributed by atoms with Gasteiger partial charge in [-0.05, 0) is 25.5 Å². The zero-order valence-electron chi connectivity index (χ0n) is 8.33. The van der Waals surface area contributed by atoms with Crippen LogP contribution in [-0.2, 0) is 0 Å². The summed E-state index contributed by atoms with van der Waals surface area (Å²) in [7, 11) is 0. The maximum absolute atomic E-state index is 12.9. The lowest BCUT2D eigenvalue weighted by Crippen LogP contribution is -2.27. The van der Waals surface area contributed by atoms with Crippen LogP contribution in [0.25, 0.3) is 0 Å². The van der Waals surface area contributed by atoms with Gasteiger partial charge in [-0.3, -0.25) is 0 Å². The normalized spacial score (nSPS) is 22.6. The number of alkyl halides is 1. The summed E-state index contributed by atoms with van der Waals surface area (Å²) >= 11 is 0. The molecule has 1 aliphatic heterocycles. The van der Waals surface area contributed by atoms with Gasteiger partial charge in [-0.25, -0.2) is 9.40 Å². The van der Waals surface area contributed by atoms with E-state index in [1.54, 1.807) is 0 Å². The molecule has 3 heteroatoms. The zero-order valence-corrected chi connectivity index (χ0v) is 8.33. The van der Waals surface area contributed by atoms with E-state index in [0.717, 1.165) is 12.2 Å². The third kappa shape index (κ3) is 2.23. The van der Waals surface area contributed by atoms with Gasteiger partial charge in [0.1, 0.15) is 6.17 Å². The lowest BCUT2D eigenvalue weighted by molar-refractivity contribution is 0.318. The molecule has 1 aromatic rings. The lowest BCUT2D eigenvalue weighted by atomic mass is 10.2. The monoisotopic (exact) mass is 194 g/mol. The molecule has 0 bridgehead atoms. The summed E-state index contributed by atoms with van der Waals surface area (Å²) in [6.45, 7) is 3.33. The molecule has 2 rings (SSSR count). The number of halogens is 1. The fraction of sp³-hybridized carbons (Fsp3) is 0.455. The average molecular weight is 194 g/mol. The minimum Gasteiger partial charge on any atom is -0.319 e. The molecular formula is C11H15FN2. The summed E-state index contributed by atoms with van der Waals surface area (Å²) in [6, 6.07) is 8.12. The first-order chi connectivity index (χ1) is 6.74. The second-order valence-corrected chi connectivity index (χ2v) is 3.81. The Balaban J connectivity index is 1.94. The number of hydrogen-bond donors (Lipinski definition) is 1. The average Bonchev–Trinajstić information content (AvgIpc) is 2.56. The fourth-order valence-electron chi connectivity index (χ4n) is 1.63. The molecule has 2 nitrogen and oxygen atoms in total. The first-order valence-electron chi connectivity index (χ1n) is 4.96. The molecule has 0 amide bonds. The van der Waals surface area contributed by atoms with Crippen molar-refractivity contribution in [3.63, 3.8) is 0 Å². The van der Waals surface area contributed by atoms with Gasteiger partial charge in [-0.2, -0.15) is 0 Å². The third-order valence-electron chi connectivity index (χ3n) is 2.47. The van der Waals surface area contributed by atoms with E-state index in [9.17, 15) is 4.39 Å². The molecule has 0 spiro atoms. The van der Waals surface area contributed by atoms with E-state index in [1.807, 2.05) is 29.3 Å². The van der Waals surface area contributed by atoms with E-state index in [-0.39, 0.29) is 0 Å². The summed E-state index contributed by atoms with van der Waals surface area (Å²) in [5.41, 5.74) is 5.46. The Morgan fingerprint density at radius 2 is 2.07 bits per heavy atom. The molecule has 76 valence electrons. The minimum absolute atomic E-state index is 0.494. The zero-order chi connectivity index (χ0) is 9.97. The van der Waals surface area contributed by atoms with Crippen molar-refractivity contribution in [3.05, 3.63) is 29.8 Å². The number of benzene rings is 1. The highest BCUT2D eigenvalue weighted by molar-refractivity contribution is 5.43. The van der Waals surface area contributed by atoms with Crippen LogP contribution in [0.3, 0.4) is 0 Å². The van der Waals surface area contributed by atoms with Crippen LogP contribution in [0.15, 0.2) is 24.3 Å². The van der Waals surface area contributed by atoms with E-state index < -0.39 is 6.17 Å². The van der Waals surface area contributed by atoms with Gasteiger partial charge in [0.2, 0.25) is 0 Å². The van der Waals surface area contributed by atoms with Crippen molar-refractivity contribution in [2.45, 2.75) is 19.5 Å². The quantitative estimate of drug-likeness (QED) is 0.777. The van der Waals surface area contributed by atoms with E-state index in [1.165, 1.54) is 5.56 Å². The summed E-state index contributed by atoms with van der Waals surface area (Å²) in [5.74, 6) is 0. The van der Waals surface area contributed by atoms with Gasteiger partial charge in [0.25, 0.3) is 0 Å². The van der Waals surface area contributed by atoms with Crippen molar-refractivity contribution in [1.82, 2.24) is 5.01 Å². The summed E-state index contributed by atoms with van der Waals surface area (Å²) < 4.78 is 12.9. The molecule has 0 saturated carbocycles. The van der Waals surface area contributed by atoms with Crippen LogP contribution < -0.4 is 5.43 Å². The van der Waals surface area contributed by atoms with Crippen LogP contribution in [-0.4, -0.2) is 24.3 Å². The fourth-order valence-corrected chi connectivity index (χ4v) is 1.63. The number of hydrazine groups is 1. The second-order valence-electron chi connectivity index (χ2n) is 3.81. The first-order valence-corrected chi connectivity index (χ1v) is 4.96. The number of anilines is 1. The molecule has 1 heterocycles. The highest BCUT2D eigenvalue weighted by atomic mass is 19.1. The second kappa shape index (κ2) is 3.96. The highest BCUT2D eigenvalue weighted by Crippen LogP contribution is 2.15. The Hall–Kier alpha value is -1.09. The molecule has 14 heavy (non-hydrogen) atoms. The van der Waals surface area contributed by atoms with Crippen molar-refractivity contribution < 1.29 is 4.39 Å². The van der Waals surface area contributed by atoms with Crippen LogP contribution >= 0.6 is 0 Å². The van der Waals surface area contributed by atoms with Crippen molar-refractivity contribution in [2.24, 2.45) is 0 Å². The number of nitrogens with zero attached hydrogens (tertiary/aromatic N) is 1. The summed E-state index contributed by atoms with van der Waals surface area (Å²) in [4.78, 5) is 0. The molecule has 0 aromatic heterocycles. The van der Waals surface area contributed by atoms with Gasteiger partial charge in [-0.1, -0.05) is 17.7 Å². The molecule has 1 atom stereocenters. The molecule has 1 fully saturated rings. The van der Waals surface area contributed by atoms with Crippen LogP contribution in [0.1, 0.15) is 12.0 Å². The van der Waals surface area contributed by atoms with Gasteiger partial charge in [0.05, 0.1) is 0 Å². The molecule has 1 N–H and O–H groups in total. The number of aryl methyl sites for hydroxylation is 1. The van der Waals surface area contributed by atoms with Crippen LogP contribution in [0.2, 0.25) is 0 Å². The standard InChI is InChI=1S/C11H15FN2/c1-9-2-4-11(5-3-9)13-14-7-6-10(12)8-14/h2-5,10,13H,6-8H2,1H3. The van der Waals surface area contributed by atoms with Crippen molar-refractivity contribution in [1.29, 1.82) is 0 Å². The number of rotatable bonds is 2. The predicted octanol–water partition coefficient (Wildman–Crippen LogP) is 2.37. The molecule has 1 aliphatic rings. The Kier molecular flexibility index (Phi) is 2.68. The van der Waals surface area contributed by atoms with Crippen molar-refractivity contribution >= 4 is 5.69 Å².